The van der Waals surface area contributed by atoms with Gasteiger partial charge in [-0.15, -0.1) is 0 Å². The molecule has 0 aromatic heterocycles. The van der Waals surface area contributed by atoms with Crippen LogP contribution in [0.2, 0.25) is 0 Å². The molecule has 0 radical (unpaired) electrons. The van der Waals surface area contributed by atoms with E-state index in [4.69, 9.17) is 5.73 Å². The highest BCUT2D eigenvalue weighted by atomic mass is 32.2. The molecule has 0 atom stereocenters. The first kappa shape index (κ1) is 9.98. The van der Waals surface area contributed by atoms with Crippen LogP contribution < -0.4 is 5.73 Å². The Morgan fingerprint density at radius 1 is 1.00 bits per heavy atom. The summed E-state index contributed by atoms with van der Waals surface area (Å²) in [5, 5.41) is 1.83. The molecule has 3 nitrogen and oxygen atoms in total. The van der Waals surface area contributed by atoms with Crippen LogP contribution in [0.3, 0.4) is 0 Å². The fourth-order valence-electron chi connectivity index (χ4n) is 1.47. The molecule has 4 heteroatoms. The number of benzene rings is 2. The van der Waals surface area contributed by atoms with E-state index in [9.17, 15) is 8.42 Å². The molecule has 2 aromatic carbocycles. The number of anilines is 1. The lowest BCUT2D eigenvalue weighted by Crippen LogP contribution is -1.96. The molecular weight excluding hydrogens is 210 g/mol. The second-order valence-electron chi connectivity index (χ2n) is 3.54. The van der Waals surface area contributed by atoms with Gasteiger partial charge in [-0.2, -0.15) is 0 Å². The predicted molar refractivity (Wildman–Crippen MR) is 61.5 cm³/mol. The van der Waals surface area contributed by atoms with Crippen molar-refractivity contribution in [1.82, 2.24) is 0 Å². The highest BCUT2D eigenvalue weighted by molar-refractivity contribution is 7.90. The molecule has 2 aromatic rings. The van der Waals surface area contributed by atoms with Gasteiger partial charge >= 0.3 is 0 Å². The van der Waals surface area contributed by atoms with Crippen molar-refractivity contribution in [3.63, 3.8) is 0 Å². The Labute approximate surface area is 88.4 Å². The molecule has 0 aliphatic heterocycles. The van der Waals surface area contributed by atoms with Gasteiger partial charge in [0.15, 0.2) is 9.84 Å². The fraction of sp³-hybridized carbons (Fsp3) is 0.0909. The van der Waals surface area contributed by atoms with Crippen LogP contribution in [0, 0.1) is 0 Å². The van der Waals surface area contributed by atoms with Gasteiger partial charge in [-0.05, 0) is 35.0 Å². The first-order valence-electron chi connectivity index (χ1n) is 4.46. The van der Waals surface area contributed by atoms with Crippen molar-refractivity contribution in [2.45, 2.75) is 4.90 Å². The summed E-state index contributed by atoms with van der Waals surface area (Å²) < 4.78 is 22.6. The number of nitrogen functional groups attached to an aromatic ring is 1. The Morgan fingerprint density at radius 3 is 2.27 bits per heavy atom. The molecule has 2 rings (SSSR count). The molecule has 0 saturated heterocycles. The highest BCUT2D eigenvalue weighted by Crippen LogP contribution is 2.21. The number of fused-ring (bicyclic) bond motifs is 1. The fourth-order valence-corrected chi connectivity index (χ4v) is 2.13. The first-order chi connectivity index (χ1) is 6.97. The third-order valence-electron chi connectivity index (χ3n) is 2.26. The maximum atomic E-state index is 11.3. The van der Waals surface area contributed by atoms with Crippen molar-refractivity contribution in [2.75, 3.05) is 12.0 Å². The zero-order valence-corrected chi connectivity index (χ0v) is 9.08. The molecule has 0 fully saturated rings. The average molecular weight is 221 g/mol. The lowest BCUT2D eigenvalue weighted by Gasteiger charge is -2.02. The summed E-state index contributed by atoms with van der Waals surface area (Å²) in [4.78, 5) is 0.333. The molecule has 0 heterocycles. The molecule has 0 aliphatic rings. The van der Waals surface area contributed by atoms with Crippen LogP contribution in [0.5, 0.6) is 0 Å². The van der Waals surface area contributed by atoms with Crippen molar-refractivity contribution in [2.24, 2.45) is 0 Å². The Bertz CT molecular complexity index is 618. The number of hydrogen-bond donors (Lipinski definition) is 1. The van der Waals surface area contributed by atoms with Gasteiger partial charge in [0.2, 0.25) is 0 Å². The third kappa shape index (κ3) is 1.94. The van der Waals surface area contributed by atoms with Gasteiger partial charge in [0.1, 0.15) is 0 Å². The van der Waals surface area contributed by atoms with Crippen molar-refractivity contribution >= 4 is 26.3 Å². The number of sulfone groups is 1. The van der Waals surface area contributed by atoms with E-state index in [2.05, 4.69) is 0 Å². The Balaban J connectivity index is 2.73. The van der Waals surface area contributed by atoms with Crippen LogP contribution in [0.25, 0.3) is 10.8 Å². The van der Waals surface area contributed by atoms with Gasteiger partial charge in [0.05, 0.1) is 4.90 Å². The van der Waals surface area contributed by atoms with Crippen LogP contribution in [0.1, 0.15) is 0 Å². The zero-order chi connectivity index (χ0) is 11.1. The van der Waals surface area contributed by atoms with Crippen LogP contribution >= 0.6 is 0 Å². The Hall–Kier alpha value is -1.55. The molecular formula is C11H11NO2S. The maximum absolute atomic E-state index is 11.3. The quantitative estimate of drug-likeness (QED) is 0.747. The largest absolute Gasteiger partial charge is 0.399 e. The van der Waals surface area contributed by atoms with Gasteiger partial charge in [0, 0.05) is 11.9 Å². The minimum absolute atomic E-state index is 0.333. The molecule has 0 bridgehead atoms. The second-order valence-corrected chi connectivity index (χ2v) is 5.56. The minimum atomic E-state index is -3.14. The van der Waals surface area contributed by atoms with Crippen LogP contribution in [-0.4, -0.2) is 14.7 Å². The molecule has 15 heavy (non-hydrogen) atoms. The molecule has 0 spiro atoms. The zero-order valence-electron chi connectivity index (χ0n) is 8.27. The van der Waals surface area contributed by atoms with Crippen molar-refractivity contribution in [1.29, 1.82) is 0 Å². The predicted octanol–water partition coefficient (Wildman–Crippen LogP) is 1.83. The van der Waals surface area contributed by atoms with E-state index in [1.807, 2.05) is 12.1 Å². The highest BCUT2D eigenvalue weighted by Gasteiger charge is 2.07. The van der Waals surface area contributed by atoms with E-state index in [0.717, 1.165) is 10.8 Å². The Morgan fingerprint density at radius 2 is 1.60 bits per heavy atom. The maximum Gasteiger partial charge on any atom is 0.175 e. The summed E-state index contributed by atoms with van der Waals surface area (Å²) >= 11 is 0. The van der Waals surface area contributed by atoms with E-state index in [1.54, 1.807) is 24.3 Å². The van der Waals surface area contributed by atoms with Gasteiger partial charge in [-0.3, -0.25) is 0 Å². The van der Waals surface area contributed by atoms with Crippen LogP contribution in [0.15, 0.2) is 41.3 Å². The van der Waals surface area contributed by atoms with E-state index >= 15 is 0 Å². The van der Waals surface area contributed by atoms with Crippen molar-refractivity contribution < 1.29 is 8.42 Å². The SMILES string of the molecule is CS(=O)(=O)c1ccc2cc(N)ccc2c1. The molecule has 0 amide bonds. The normalized spacial score (nSPS) is 11.8. The summed E-state index contributed by atoms with van der Waals surface area (Å²) in [6.45, 7) is 0. The standard InChI is InChI=1S/C11H11NO2S/c1-15(13,14)11-5-3-8-6-10(12)4-2-9(8)7-11/h2-7H,12H2,1H3. The third-order valence-corrected chi connectivity index (χ3v) is 3.37. The van der Waals surface area contributed by atoms with Crippen molar-refractivity contribution in [3.8, 4) is 0 Å². The van der Waals surface area contributed by atoms with Crippen molar-refractivity contribution in [3.05, 3.63) is 36.4 Å². The van der Waals surface area contributed by atoms with E-state index in [-0.39, 0.29) is 0 Å². The molecule has 2 N–H and O–H groups in total. The number of hydrogen-bond acceptors (Lipinski definition) is 3. The first-order valence-corrected chi connectivity index (χ1v) is 6.35. The average Bonchev–Trinajstić information content (AvgIpc) is 2.15. The number of nitrogens with two attached hydrogens (primary N) is 1. The van der Waals surface area contributed by atoms with Gasteiger partial charge in [-0.1, -0.05) is 12.1 Å². The molecule has 0 unspecified atom stereocenters. The van der Waals surface area contributed by atoms with E-state index < -0.39 is 9.84 Å². The summed E-state index contributed by atoms with van der Waals surface area (Å²) in [6, 6.07) is 10.4. The summed E-state index contributed by atoms with van der Waals surface area (Å²) in [7, 11) is -3.14. The topological polar surface area (TPSA) is 60.2 Å². The van der Waals surface area contributed by atoms with Gasteiger partial charge in [-0.25, -0.2) is 8.42 Å². The van der Waals surface area contributed by atoms with Gasteiger partial charge < -0.3 is 5.73 Å². The monoisotopic (exact) mass is 221 g/mol. The van der Waals surface area contributed by atoms with Gasteiger partial charge in [0.25, 0.3) is 0 Å². The smallest absolute Gasteiger partial charge is 0.175 e. The van der Waals surface area contributed by atoms with Crippen LogP contribution in [-0.2, 0) is 9.84 Å². The summed E-state index contributed by atoms with van der Waals surface area (Å²) in [5.74, 6) is 0. The number of rotatable bonds is 1. The summed E-state index contributed by atoms with van der Waals surface area (Å²) in [5.41, 5.74) is 6.31. The lowest BCUT2D eigenvalue weighted by molar-refractivity contribution is 0.602. The lowest BCUT2D eigenvalue weighted by atomic mass is 10.1. The van der Waals surface area contributed by atoms with E-state index in [0.29, 0.717) is 10.6 Å². The molecule has 78 valence electrons. The molecule has 0 saturated carbocycles. The Kier molecular flexibility index (Phi) is 2.16. The van der Waals surface area contributed by atoms with E-state index in [1.165, 1.54) is 6.26 Å². The van der Waals surface area contributed by atoms with Crippen LogP contribution in [0.4, 0.5) is 5.69 Å². The summed E-state index contributed by atoms with van der Waals surface area (Å²) in [6.07, 6.45) is 1.20. The minimum Gasteiger partial charge on any atom is -0.399 e. The second kappa shape index (κ2) is 3.24. The molecule has 0 aliphatic carbocycles.